The van der Waals surface area contributed by atoms with Gasteiger partial charge < -0.3 is 15.2 Å². The Balaban J connectivity index is 1.46. The molecule has 0 heterocycles. The minimum atomic E-state index is -4.93. The summed E-state index contributed by atoms with van der Waals surface area (Å²) < 4.78 is 58.4. The second-order valence-electron chi connectivity index (χ2n) is 7.84. The van der Waals surface area contributed by atoms with Crippen molar-refractivity contribution in [3.05, 3.63) is 94.8 Å². The number of benzene rings is 3. The number of carbonyl (C=O) groups excluding carboxylic acids is 1. The molecule has 9 heteroatoms. The number of carboxylic acid groups (broad SMARTS) is 1. The molecule has 34 heavy (non-hydrogen) atoms. The van der Waals surface area contributed by atoms with Gasteiger partial charge in [-0.25, -0.2) is 14.0 Å². The number of hydrogen-bond donors (Lipinski definition) is 2. The molecule has 4 rings (SSSR count). The molecule has 0 bridgehead atoms. The van der Waals surface area contributed by atoms with Crippen LogP contribution in [0.2, 0.25) is 0 Å². The highest BCUT2D eigenvalue weighted by atomic mass is 19.4. The zero-order chi connectivity index (χ0) is 24.5. The summed E-state index contributed by atoms with van der Waals surface area (Å²) in [6.07, 6.45) is -6.68. The first kappa shape index (κ1) is 23.3. The summed E-state index contributed by atoms with van der Waals surface area (Å²) in [5, 5.41) is 11.5. The van der Waals surface area contributed by atoms with Gasteiger partial charge in [-0.3, -0.25) is 0 Å². The average molecular weight is 473 g/mol. The van der Waals surface area contributed by atoms with Crippen LogP contribution in [0.5, 0.6) is 0 Å². The Bertz CT molecular complexity index is 1200. The van der Waals surface area contributed by atoms with Crippen molar-refractivity contribution in [2.45, 2.75) is 24.6 Å². The Morgan fingerprint density at radius 3 is 2.09 bits per heavy atom. The van der Waals surface area contributed by atoms with Crippen molar-refractivity contribution >= 4 is 12.1 Å². The third kappa shape index (κ3) is 4.59. The lowest BCUT2D eigenvalue weighted by molar-refractivity contribution is -0.140. The largest absolute Gasteiger partial charge is 0.480 e. The molecule has 1 unspecified atom stereocenters. The van der Waals surface area contributed by atoms with Crippen LogP contribution in [0.4, 0.5) is 22.4 Å². The summed E-state index contributed by atoms with van der Waals surface area (Å²) in [4.78, 5) is 24.0. The van der Waals surface area contributed by atoms with Crippen LogP contribution in [0.15, 0.2) is 66.7 Å². The lowest BCUT2D eigenvalue weighted by atomic mass is 9.98. The van der Waals surface area contributed by atoms with E-state index in [-0.39, 0.29) is 12.5 Å². The number of nitrogens with one attached hydrogen (secondary N) is 1. The van der Waals surface area contributed by atoms with Crippen LogP contribution < -0.4 is 5.32 Å². The highest BCUT2D eigenvalue weighted by Gasteiger charge is 2.36. The van der Waals surface area contributed by atoms with Gasteiger partial charge in [-0.05, 0) is 33.9 Å². The van der Waals surface area contributed by atoms with E-state index in [1.165, 1.54) is 0 Å². The van der Waals surface area contributed by atoms with Gasteiger partial charge in [-0.1, -0.05) is 60.7 Å². The maximum absolute atomic E-state index is 14.3. The predicted octanol–water partition coefficient (Wildman–Crippen LogP) is 5.38. The van der Waals surface area contributed by atoms with Crippen molar-refractivity contribution in [3.8, 4) is 11.1 Å². The van der Waals surface area contributed by atoms with Crippen LogP contribution in [-0.4, -0.2) is 29.8 Å². The third-order valence-corrected chi connectivity index (χ3v) is 5.74. The van der Waals surface area contributed by atoms with Gasteiger partial charge in [0.05, 0.1) is 5.56 Å². The second kappa shape index (κ2) is 9.17. The van der Waals surface area contributed by atoms with Gasteiger partial charge in [0, 0.05) is 12.3 Å². The summed E-state index contributed by atoms with van der Waals surface area (Å²) in [6.45, 7) is -0.0792. The number of amides is 1. The molecule has 3 aromatic carbocycles. The van der Waals surface area contributed by atoms with E-state index in [0.29, 0.717) is 6.07 Å². The normalized spacial score (nSPS) is 13.6. The number of carbonyl (C=O) groups is 2. The number of fused-ring (bicyclic) bond motifs is 3. The van der Waals surface area contributed by atoms with Gasteiger partial charge in [-0.15, -0.1) is 0 Å². The van der Waals surface area contributed by atoms with Crippen LogP contribution in [0.25, 0.3) is 11.1 Å². The van der Waals surface area contributed by atoms with Crippen molar-refractivity contribution in [1.29, 1.82) is 0 Å². The molecule has 3 aromatic rings. The smallest absolute Gasteiger partial charge is 0.419 e. The summed E-state index contributed by atoms with van der Waals surface area (Å²) in [6, 6.07) is 16.2. The molecule has 0 saturated carbocycles. The van der Waals surface area contributed by atoms with Crippen LogP contribution in [0, 0.1) is 5.82 Å². The van der Waals surface area contributed by atoms with Gasteiger partial charge in [0.1, 0.15) is 18.5 Å². The Morgan fingerprint density at radius 1 is 0.941 bits per heavy atom. The highest BCUT2D eigenvalue weighted by molar-refractivity contribution is 5.81. The minimum absolute atomic E-state index is 0.0792. The monoisotopic (exact) mass is 473 g/mol. The maximum atomic E-state index is 14.3. The first-order valence-corrected chi connectivity index (χ1v) is 10.4. The first-order chi connectivity index (χ1) is 16.2. The topological polar surface area (TPSA) is 75.6 Å². The molecule has 0 aromatic heterocycles. The Kier molecular flexibility index (Phi) is 6.28. The Morgan fingerprint density at radius 2 is 1.53 bits per heavy atom. The fraction of sp³-hybridized carbons (Fsp3) is 0.200. The van der Waals surface area contributed by atoms with E-state index in [2.05, 4.69) is 5.32 Å². The fourth-order valence-corrected chi connectivity index (χ4v) is 4.16. The summed E-state index contributed by atoms with van der Waals surface area (Å²) in [7, 11) is 0. The van der Waals surface area contributed by atoms with Gasteiger partial charge in [0.25, 0.3) is 0 Å². The lowest BCUT2D eigenvalue weighted by Gasteiger charge is -2.18. The van der Waals surface area contributed by atoms with Crippen LogP contribution in [-0.2, 0) is 22.1 Å². The molecule has 5 nitrogen and oxygen atoms in total. The molecule has 1 amide bonds. The van der Waals surface area contributed by atoms with E-state index in [9.17, 15) is 32.3 Å². The molecule has 1 atom stereocenters. The number of carboxylic acids is 1. The van der Waals surface area contributed by atoms with E-state index in [4.69, 9.17) is 4.74 Å². The van der Waals surface area contributed by atoms with E-state index < -0.39 is 47.6 Å². The van der Waals surface area contributed by atoms with E-state index in [0.717, 1.165) is 34.4 Å². The van der Waals surface area contributed by atoms with Crippen LogP contribution >= 0.6 is 0 Å². The molecular formula is C25H19F4NO4. The number of alkyl halides is 3. The van der Waals surface area contributed by atoms with E-state index in [1.807, 2.05) is 48.5 Å². The number of aliphatic carboxylic acids is 1. The first-order valence-electron chi connectivity index (χ1n) is 10.4. The third-order valence-electron chi connectivity index (χ3n) is 5.74. The molecule has 0 saturated heterocycles. The van der Waals surface area contributed by atoms with Crippen LogP contribution in [0.1, 0.15) is 28.2 Å². The van der Waals surface area contributed by atoms with Gasteiger partial charge in [-0.2, -0.15) is 13.2 Å². The summed E-state index contributed by atoms with van der Waals surface area (Å²) in [5.74, 6) is -3.37. The molecule has 0 radical (unpaired) electrons. The van der Waals surface area contributed by atoms with E-state index >= 15 is 0 Å². The molecule has 176 valence electrons. The Hall–Kier alpha value is -3.88. The second-order valence-corrected chi connectivity index (χ2v) is 7.84. The van der Waals surface area contributed by atoms with E-state index in [1.54, 1.807) is 0 Å². The summed E-state index contributed by atoms with van der Waals surface area (Å²) >= 11 is 0. The summed E-state index contributed by atoms with van der Waals surface area (Å²) in [5.41, 5.74) is 1.94. The molecule has 1 aliphatic rings. The number of ether oxygens (including phenoxy) is 1. The standard InChI is InChI=1S/C25H19F4NO4/c26-22-14(6-5-11-20(22)25(27,28)29)12-21(23(31)32)30-24(33)34-13-19-17-9-3-1-7-15(17)16-8-2-4-10-18(16)19/h1-11,19,21H,12-13H2,(H,30,33)(H,31,32). The highest BCUT2D eigenvalue weighted by Crippen LogP contribution is 2.44. The lowest BCUT2D eigenvalue weighted by Crippen LogP contribution is -2.43. The number of rotatable bonds is 6. The molecule has 1 aliphatic carbocycles. The van der Waals surface area contributed by atoms with Crippen molar-refractivity contribution in [2.24, 2.45) is 0 Å². The molecule has 0 fully saturated rings. The van der Waals surface area contributed by atoms with Gasteiger partial charge >= 0.3 is 18.2 Å². The van der Waals surface area contributed by atoms with Gasteiger partial charge in [0.2, 0.25) is 0 Å². The number of halogens is 4. The zero-order valence-electron chi connectivity index (χ0n) is 17.6. The fourth-order valence-electron chi connectivity index (χ4n) is 4.16. The van der Waals surface area contributed by atoms with Crippen molar-refractivity contribution in [2.75, 3.05) is 6.61 Å². The molecule has 0 aliphatic heterocycles. The molecular weight excluding hydrogens is 454 g/mol. The average Bonchev–Trinajstić information content (AvgIpc) is 3.11. The quantitative estimate of drug-likeness (QED) is 0.472. The van der Waals surface area contributed by atoms with Gasteiger partial charge in [0.15, 0.2) is 0 Å². The Labute approximate surface area is 192 Å². The van der Waals surface area contributed by atoms with Crippen molar-refractivity contribution in [3.63, 3.8) is 0 Å². The molecule has 0 spiro atoms. The maximum Gasteiger partial charge on any atom is 0.419 e. The number of hydrogen-bond acceptors (Lipinski definition) is 3. The minimum Gasteiger partial charge on any atom is -0.480 e. The number of alkyl carbamates (subject to hydrolysis) is 1. The SMILES string of the molecule is O=C(NC(Cc1cccc(C(F)(F)F)c1F)C(=O)O)OCC1c2ccccc2-c2ccccc21. The molecule has 2 N–H and O–H groups in total. The van der Waals surface area contributed by atoms with Crippen LogP contribution in [0.3, 0.4) is 0 Å². The van der Waals surface area contributed by atoms with Crippen molar-refractivity contribution < 1.29 is 37.0 Å². The zero-order valence-corrected chi connectivity index (χ0v) is 17.6. The van der Waals surface area contributed by atoms with Crippen molar-refractivity contribution in [1.82, 2.24) is 5.32 Å². The predicted molar refractivity (Wildman–Crippen MR) is 115 cm³/mol.